The molecule has 2 aromatic carbocycles. The van der Waals surface area contributed by atoms with E-state index in [1.54, 1.807) is 0 Å². The van der Waals surface area contributed by atoms with Gasteiger partial charge in [-0.2, -0.15) is 26.3 Å². The molecule has 0 spiro atoms. The lowest BCUT2D eigenvalue weighted by Gasteiger charge is -2.14. The second-order valence-corrected chi connectivity index (χ2v) is 7.61. The van der Waals surface area contributed by atoms with Gasteiger partial charge in [-0.15, -0.1) is 0 Å². The van der Waals surface area contributed by atoms with Crippen molar-refractivity contribution in [2.45, 2.75) is 16.6 Å². The van der Waals surface area contributed by atoms with Crippen LogP contribution in [0.4, 0.5) is 32.0 Å². The summed E-state index contributed by atoms with van der Waals surface area (Å²) in [5, 5.41) is 2.13. The Morgan fingerprint density at radius 2 is 1.60 bits per heavy atom. The van der Waals surface area contributed by atoms with Crippen molar-refractivity contribution < 1.29 is 49.0 Å². The molecule has 0 aliphatic heterocycles. The summed E-state index contributed by atoms with van der Waals surface area (Å²) in [4.78, 5) is 10.9. The van der Waals surface area contributed by atoms with Crippen LogP contribution in [0.1, 0.15) is 5.56 Å². The number of nitrogens with one attached hydrogen (secondary N) is 1. The van der Waals surface area contributed by atoms with E-state index in [2.05, 4.69) is 5.32 Å². The molecule has 0 radical (unpaired) electrons. The van der Waals surface area contributed by atoms with Crippen LogP contribution >= 0.6 is 0 Å². The number of hydrogen-bond donors (Lipinski definition) is 1. The Kier molecular flexibility index (Phi) is 6.54. The summed E-state index contributed by atoms with van der Waals surface area (Å²) >= 11 is 0. The van der Waals surface area contributed by atoms with Gasteiger partial charge in [-0.1, -0.05) is 0 Å². The number of anilines is 1. The Balaban J connectivity index is 2.13. The molecule has 0 saturated heterocycles. The van der Waals surface area contributed by atoms with E-state index in [4.69, 9.17) is 9.47 Å². The molecule has 6 nitrogen and oxygen atoms in total. The molecular weight excluding hydrogens is 444 g/mol. The predicted octanol–water partition coefficient (Wildman–Crippen LogP) is 4.03. The first-order valence-corrected chi connectivity index (χ1v) is 9.33. The Bertz CT molecular complexity index is 1020. The number of halogens is 6. The van der Waals surface area contributed by atoms with Crippen molar-refractivity contribution in [2.75, 3.05) is 19.0 Å². The lowest BCUT2D eigenvalue weighted by Crippen LogP contribution is -2.24. The first kappa shape index (κ1) is 23.3. The molecular formula is C17H13F6NO5S. The van der Waals surface area contributed by atoms with Gasteiger partial charge >= 0.3 is 11.7 Å². The summed E-state index contributed by atoms with van der Waals surface area (Å²) in [6, 6.07) is 5.59. The number of methoxy groups -OCH3 is 1. The third-order valence-corrected chi connectivity index (χ3v) is 5.10. The molecule has 0 bridgehead atoms. The van der Waals surface area contributed by atoms with E-state index in [1.807, 2.05) is 0 Å². The lowest BCUT2D eigenvalue weighted by atomic mass is 10.2. The largest absolute Gasteiger partial charge is 0.501 e. The molecule has 164 valence electrons. The number of rotatable bonds is 6. The molecule has 30 heavy (non-hydrogen) atoms. The van der Waals surface area contributed by atoms with Crippen molar-refractivity contribution in [3.8, 4) is 11.5 Å². The van der Waals surface area contributed by atoms with Gasteiger partial charge in [0.25, 0.3) is 15.7 Å². The summed E-state index contributed by atoms with van der Waals surface area (Å²) in [5.74, 6) is -1.12. The van der Waals surface area contributed by atoms with E-state index < -0.39 is 44.5 Å². The van der Waals surface area contributed by atoms with Gasteiger partial charge in [-0.05, 0) is 42.5 Å². The van der Waals surface area contributed by atoms with Crippen LogP contribution in [0.5, 0.6) is 11.5 Å². The fraction of sp³-hybridized carbons (Fsp3) is 0.235. The molecule has 2 rings (SSSR count). The van der Waals surface area contributed by atoms with Crippen LogP contribution in [0.3, 0.4) is 0 Å². The zero-order chi connectivity index (χ0) is 22.7. The maximum Gasteiger partial charge on any atom is 0.501 e. The van der Waals surface area contributed by atoms with Gasteiger partial charge in [0, 0.05) is 0 Å². The molecule has 1 N–H and O–H groups in total. The number of hydrogen-bond acceptors (Lipinski definition) is 5. The van der Waals surface area contributed by atoms with Crippen LogP contribution in [-0.4, -0.2) is 33.5 Å². The van der Waals surface area contributed by atoms with E-state index in [-0.39, 0.29) is 17.2 Å². The van der Waals surface area contributed by atoms with Gasteiger partial charge in [-0.3, -0.25) is 4.79 Å². The number of sulfone groups is 1. The number of carbonyl (C=O) groups is 1. The van der Waals surface area contributed by atoms with Crippen LogP contribution < -0.4 is 14.8 Å². The molecule has 0 aliphatic rings. The molecule has 0 unspecified atom stereocenters. The van der Waals surface area contributed by atoms with Crippen molar-refractivity contribution >= 4 is 21.4 Å². The van der Waals surface area contributed by atoms with Crippen LogP contribution in [0.2, 0.25) is 0 Å². The second-order valence-electron chi connectivity index (χ2n) is 5.67. The zero-order valence-electron chi connectivity index (χ0n) is 15.0. The van der Waals surface area contributed by atoms with Gasteiger partial charge in [0.2, 0.25) is 0 Å². The van der Waals surface area contributed by atoms with Crippen LogP contribution in [-0.2, 0) is 20.8 Å². The van der Waals surface area contributed by atoms with E-state index >= 15 is 0 Å². The number of ether oxygens (including phenoxy) is 2. The average molecular weight is 457 g/mol. The van der Waals surface area contributed by atoms with Crippen molar-refractivity contribution in [3.63, 3.8) is 0 Å². The van der Waals surface area contributed by atoms with Gasteiger partial charge in [0.05, 0.1) is 23.3 Å². The minimum atomic E-state index is -5.66. The Labute approximate surface area is 166 Å². The molecule has 1 amide bonds. The summed E-state index contributed by atoms with van der Waals surface area (Å²) < 4.78 is 109. The number of carbonyl (C=O) groups excluding carboxylic acids is 1. The molecule has 0 aromatic heterocycles. The van der Waals surface area contributed by atoms with Gasteiger partial charge in [0.15, 0.2) is 6.61 Å². The second kappa shape index (κ2) is 8.42. The van der Waals surface area contributed by atoms with Crippen molar-refractivity contribution in [3.05, 3.63) is 48.0 Å². The average Bonchev–Trinajstić information content (AvgIpc) is 2.65. The van der Waals surface area contributed by atoms with E-state index in [0.29, 0.717) is 12.1 Å². The Morgan fingerprint density at radius 3 is 2.10 bits per heavy atom. The van der Waals surface area contributed by atoms with E-state index in [0.717, 1.165) is 37.4 Å². The van der Waals surface area contributed by atoms with Crippen LogP contribution in [0.25, 0.3) is 0 Å². The standard InChI is InChI=1S/C17H13F6NO5S/c1-28-14-7-6-12(30(26,27)17(21,22)23)8-13(14)24-15(25)9-29-11-4-2-10(3-5-11)16(18,19)20/h2-8H,9H2,1H3,(H,24,25). The smallest absolute Gasteiger partial charge is 0.495 e. The summed E-state index contributed by atoms with van der Waals surface area (Å²) in [6.45, 7) is -0.717. The fourth-order valence-corrected chi connectivity index (χ4v) is 2.95. The maximum absolute atomic E-state index is 12.7. The third kappa shape index (κ3) is 5.34. The summed E-state index contributed by atoms with van der Waals surface area (Å²) in [5.41, 5.74) is -6.84. The fourth-order valence-electron chi connectivity index (χ4n) is 2.16. The van der Waals surface area contributed by atoms with Crippen molar-refractivity contribution in [2.24, 2.45) is 0 Å². The maximum atomic E-state index is 12.7. The highest BCUT2D eigenvalue weighted by molar-refractivity contribution is 7.92. The third-order valence-electron chi connectivity index (χ3n) is 3.61. The monoisotopic (exact) mass is 457 g/mol. The zero-order valence-corrected chi connectivity index (χ0v) is 15.8. The Hall–Kier alpha value is -2.96. The van der Waals surface area contributed by atoms with Gasteiger partial charge < -0.3 is 14.8 Å². The minimum absolute atomic E-state index is 0.0708. The van der Waals surface area contributed by atoms with Crippen LogP contribution in [0.15, 0.2) is 47.4 Å². The highest BCUT2D eigenvalue weighted by Crippen LogP contribution is 2.35. The molecule has 0 fully saturated rings. The highest BCUT2D eigenvalue weighted by Gasteiger charge is 2.47. The normalized spacial score (nSPS) is 12.4. The topological polar surface area (TPSA) is 81.7 Å². The first-order chi connectivity index (χ1) is 13.8. The molecule has 0 heterocycles. The quantitative estimate of drug-likeness (QED) is 0.663. The summed E-state index contributed by atoms with van der Waals surface area (Å²) in [7, 11) is -4.52. The van der Waals surface area contributed by atoms with Gasteiger partial charge in [-0.25, -0.2) is 8.42 Å². The molecule has 0 atom stereocenters. The lowest BCUT2D eigenvalue weighted by molar-refractivity contribution is -0.137. The Morgan fingerprint density at radius 1 is 1.00 bits per heavy atom. The highest BCUT2D eigenvalue weighted by atomic mass is 32.2. The molecule has 0 saturated carbocycles. The molecule has 13 heteroatoms. The first-order valence-electron chi connectivity index (χ1n) is 7.85. The summed E-state index contributed by atoms with van der Waals surface area (Å²) in [6.07, 6.45) is -4.55. The van der Waals surface area contributed by atoms with E-state index in [1.165, 1.54) is 0 Å². The molecule has 2 aromatic rings. The SMILES string of the molecule is COc1ccc(S(=O)(=O)C(F)(F)F)cc1NC(=O)COc1ccc(C(F)(F)F)cc1. The predicted molar refractivity (Wildman–Crippen MR) is 91.8 cm³/mol. The number of benzene rings is 2. The van der Waals surface area contributed by atoms with Gasteiger partial charge in [0.1, 0.15) is 11.5 Å². The molecule has 0 aliphatic carbocycles. The number of alkyl halides is 6. The van der Waals surface area contributed by atoms with E-state index in [9.17, 15) is 39.6 Å². The van der Waals surface area contributed by atoms with Crippen molar-refractivity contribution in [1.82, 2.24) is 0 Å². The number of amides is 1. The van der Waals surface area contributed by atoms with Crippen LogP contribution in [0, 0.1) is 0 Å². The minimum Gasteiger partial charge on any atom is -0.495 e. The van der Waals surface area contributed by atoms with Crippen molar-refractivity contribution in [1.29, 1.82) is 0 Å².